The van der Waals surface area contributed by atoms with E-state index < -0.39 is 10.0 Å². The molecule has 1 N–H and O–H groups in total. The number of nitrogens with zero attached hydrogens (tertiary/aromatic N) is 2. The number of likely N-dealkylation sites (N-methyl/N-ethyl adjacent to an activating group) is 1. The Hall–Kier alpha value is -2.16. The summed E-state index contributed by atoms with van der Waals surface area (Å²) >= 11 is 0. The molecule has 0 aliphatic carbocycles. The maximum Gasteiger partial charge on any atom is 0.262 e. The van der Waals surface area contributed by atoms with E-state index in [4.69, 9.17) is 9.47 Å². The van der Waals surface area contributed by atoms with Gasteiger partial charge in [-0.3, -0.25) is 4.72 Å². The summed E-state index contributed by atoms with van der Waals surface area (Å²) in [6, 6.07) is 8.81. The van der Waals surface area contributed by atoms with Crippen LogP contribution in [0.15, 0.2) is 35.2 Å². The zero-order valence-corrected chi connectivity index (χ0v) is 18.4. The molecule has 1 aromatic carbocycles. The zero-order chi connectivity index (χ0) is 21.1. The van der Waals surface area contributed by atoms with Crippen LogP contribution < -0.4 is 9.46 Å². The summed E-state index contributed by atoms with van der Waals surface area (Å²) in [5.41, 5.74) is 3.42. The molecule has 3 heterocycles. The van der Waals surface area contributed by atoms with Gasteiger partial charge in [-0.25, -0.2) is 13.4 Å². The number of benzene rings is 1. The fraction of sp³-hybridized carbons (Fsp3) is 0.500. The van der Waals surface area contributed by atoms with Crippen molar-refractivity contribution < 1.29 is 17.9 Å². The van der Waals surface area contributed by atoms with Crippen molar-refractivity contribution in [2.24, 2.45) is 0 Å². The predicted molar refractivity (Wildman–Crippen MR) is 115 cm³/mol. The Kier molecular flexibility index (Phi) is 6.26. The Bertz CT molecular complexity index is 986. The van der Waals surface area contributed by atoms with Crippen LogP contribution in [0.5, 0.6) is 5.88 Å². The molecule has 30 heavy (non-hydrogen) atoms. The number of nitrogens with one attached hydrogen (secondary N) is 1. The number of fused-ring (bicyclic) bond motifs is 1. The van der Waals surface area contributed by atoms with Crippen molar-refractivity contribution in [3.63, 3.8) is 0 Å². The first-order chi connectivity index (χ1) is 14.5. The van der Waals surface area contributed by atoms with Crippen LogP contribution in [-0.2, 0) is 27.6 Å². The number of ether oxygens (including phenoxy) is 2. The van der Waals surface area contributed by atoms with Crippen LogP contribution >= 0.6 is 0 Å². The molecule has 4 rings (SSSR count). The lowest BCUT2D eigenvalue weighted by atomic mass is 10.0. The topological polar surface area (TPSA) is 80.8 Å². The standard InChI is InChI=1S/C22H29N3O4S/c1-25-12-10-17-15-20(22(28-2)23-19(17)11-13-25)24-30(26,27)18-8-6-16(7-9-18)21-5-3-4-14-29-21/h6-9,15,21,24H,3-5,10-14H2,1-2H3/t21-/m0/s1. The molecule has 2 aliphatic rings. The third-order valence-corrected chi connectivity index (χ3v) is 7.21. The lowest BCUT2D eigenvalue weighted by Crippen LogP contribution is -2.20. The van der Waals surface area contributed by atoms with E-state index in [1.165, 1.54) is 7.11 Å². The molecule has 0 amide bonds. The molecule has 0 saturated carbocycles. The fourth-order valence-corrected chi connectivity index (χ4v) is 5.07. The summed E-state index contributed by atoms with van der Waals surface area (Å²) in [5, 5.41) is 0. The first-order valence-corrected chi connectivity index (χ1v) is 11.9. The van der Waals surface area contributed by atoms with Gasteiger partial charge in [0.2, 0.25) is 5.88 Å². The Morgan fingerprint density at radius 3 is 2.63 bits per heavy atom. The lowest BCUT2D eigenvalue weighted by molar-refractivity contribution is 0.0149. The number of sulfonamides is 1. The molecule has 1 saturated heterocycles. The van der Waals surface area contributed by atoms with E-state index in [2.05, 4.69) is 21.7 Å². The van der Waals surface area contributed by atoms with Crippen molar-refractivity contribution in [3.8, 4) is 5.88 Å². The van der Waals surface area contributed by atoms with E-state index in [9.17, 15) is 8.42 Å². The minimum atomic E-state index is -3.76. The van der Waals surface area contributed by atoms with Gasteiger partial charge >= 0.3 is 0 Å². The number of rotatable bonds is 5. The van der Waals surface area contributed by atoms with Crippen molar-refractivity contribution in [2.45, 2.75) is 43.1 Å². The van der Waals surface area contributed by atoms with Gasteiger partial charge in [-0.15, -0.1) is 0 Å². The first kappa shape index (κ1) is 21.1. The largest absolute Gasteiger partial charge is 0.479 e. The van der Waals surface area contributed by atoms with Crippen molar-refractivity contribution in [3.05, 3.63) is 47.2 Å². The van der Waals surface area contributed by atoms with Gasteiger partial charge in [0.05, 0.1) is 18.1 Å². The summed E-state index contributed by atoms with van der Waals surface area (Å²) in [4.78, 5) is 7.04. The second kappa shape index (κ2) is 8.91. The number of methoxy groups -OCH3 is 1. The van der Waals surface area contributed by atoms with Crippen molar-refractivity contribution in [2.75, 3.05) is 38.6 Å². The SMILES string of the molecule is COc1nc2c(cc1NS(=O)(=O)c1ccc([C@@H]3CCCCO3)cc1)CCN(C)CC2. The number of anilines is 1. The number of hydrogen-bond acceptors (Lipinski definition) is 6. The fourth-order valence-electron chi connectivity index (χ4n) is 4.02. The molecule has 2 aliphatic heterocycles. The third kappa shape index (κ3) is 4.61. The molecule has 0 bridgehead atoms. The van der Waals surface area contributed by atoms with E-state index >= 15 is 0 Å². The van der Waals surface area contributed by atoms with Crippen molar-refractivity contribution >= 4 is 15.7 Å². The highest BCUT2D eigenvalue weighted by molar-refractivity contribution is 7.92. The van der Waals surface area contributed by atoms with Crippen LogP contribution in [0.25, 0.3) is 0 Å². The maximum absolute atomic E-state index is 13.0. The molecule has 7 nitrogen and oxygen atoms in total. The quantitative estimate of drug-likeness (QED) is 0.783. The van der Waals surface area contributed by atoms with Gasteiger partial charge in [-0.2, -0.15) is 0 Å². The highest BCUT2D eigenvalue weighted by Gasteiger charge is 2.22. The summed E-state index contributed by atoms with van der Waals surface area (Å²) in [6.45, 7) is 2.59. The highest BCUT2D eigenvalue weighted by atomic mass is 32.2. The van der Waals surface area contributed by atoms with E-state index in [0.29, 0.717) is 11.6 Å². The van der Waals surface area contributed by atoms with E-state index in [1.807, 2.05) is 18.2 Å². The molecular weight excluding hydrogens is 402 g/mol. The molecule has 0 spiro atoms. The van der Waals surface area contributed by atoms with Crippen LogP contribution in [0.4, 0.5) is 5.69 Å². The zero-order valence-electron chi connectivity index (χ0n) is 17.6. The Balaban J connectivity index is 1.57. The Morgan fingerprint density at radius 1 is 1.17 bits per heavy atom. The van der Waals surface area contributed by atoms with Crippen LogP contribution in [0.1, 0.15) is 42.2 Å². The normalized spacial score (nSPS) is 20.3. The summed E-state index contributed by atoms with van der Waals surface area (Å²) in [7, 11) is -0.175. The monoisotopic (exact) mass is 431 g/mol. The van der Waals surface area contributed by atoms with Gasteiger partial charge < -0.3 is 14.4 Å². The smallest absolute Gasteiger partial charge is 0.262 e. The van der Waals surface area contributed by atoms with Gasteiger partial charge in [-0.05, 0) is 62.1 Å². The lowest BCUT2D eigenvalue weighted by Gasteiger charge is -2.23. The van der Waals surface area contributed by atoms with Crippen molar-refractivity contribution in [1.82, 2.24) is 9.88 Å². The molecule has 1 fully saturated rings. The summed E-state index contributed by atoms with van der Waals surface area (Å²) in [5.74, 6) is 0.300. The van der Waals surface area contributed by atoms with Gasteiger partial charge in [0, 0.05) is 31.8 Å². The predicted octanol–water partition coefficient (Wildman–Crippen LogP) is 3.16. The minimum Gasteiger partial charge on any atom is -0.479 e. The van der Waals surface area contributed by atoms with Crippen LogP contribution in [0, 0.1) is 0 Å². The second-order valence-electron chi connectivity index (χ2n) is 7.98. The van der Waals surface area contributed by atoms with Crippen LogP contribution in [0.3, 0.4) is 0 Å². The number of hydrogen-bond donors (Lipinski definition) is 1. The molecule has 8 heteroatoms. The molecular formula is C22H29N3O4S. The summed E-state index contributed by atoms with van der Waals surface area (Å²) in [6.07, 6.45) is 4.88. The van der Waals surface area contributed by atoms with Gasteiger partial charge in [0.15, 0.2) is 0 Å². The number of aromatic nitrogens is 1. The molecule has 2 aromatic rings. The average molecular weight is 432 g/mol. The Morgan fingerprint density at radius 2 is 1.93 bits per heavy atom. The molecule has 0 unspecified atom stereocenters. The van der Waals surface area contributed by atoms with Gasteiger partial charge in [0.1, 0.15) is 5.69 Å². The van der Waals surface area contributed by atoms with E-state index in [-0.39, 0.29) is 11.0 Å². The number of pyridine rings is 1. The first-order valence-electron chi connectivity index (χ1n) is 10.5. The van der Waals surface area contributed by atoms with E-state index in [0.717, 1.165) is 68.6 Å². The molecule has 1 aromatic heterocycles. The highest BCUT2D eigenvalue weighted by Crippen LogP contribution is 2.31. The van der Waals surface area contributed by atoms with Gasteiger partial charge in [-0.1, -0.05) is 12.1 Å². The summed E-state index contributed by atoms with van der Waals surface area (Å²) < 4.78 is 39.9. The Labute approximate surface area is 178 Å². The maximum atomic E-state index is 13.0. The van der Waals surface area contributed by atoms with Crippen LogP contribution in [0.2, 0.25) is 0 Å². The third-order valence-electron chi connectivity index (χ3n) is 5.83. The van der Waals surface area contributed by atoms with E-state index in [1.54, 1.807) is 12.1 Å². The van der Waals surface area contributed by atoms with Crippen molar-refractivity contribution in [1.29, 1.82) is 0 Å². The molecule has 0 radical (unpaired) electrons. The second-order valence-corrected chi connectivity index (χ2v) is 9.67. The average Bonchev–Trinajstić information content (AvgIpc) is 2.95. The minimum absolute atomic E-state index is 0.0514. The van der Waals surface area contributed by atoms with Gasteiger partial charge in [0.25, 0.3) is 10.0 Å². The molecule has 162 valence electrons. The molecule has 1 atom stereocenters. The van der Waals surface area contributed by atoms with Crippen LogP contribution in [-0.4, -0.2) is 52.2 Å².